The SMILES string of the molecule is C=CC/C(=C\CC)C(OCC)OCC. The quantitative estimate of drug-likeness (QED) is 0.440. The molecule has 0 aromatic rings. The molecule has 0 heterocycles. The Balaban J connectivity index is 4.36. The maximum atomic E-state index is 5.51. The molecule has 14 heavy (non-hydrogen) atoms. The van der Waals surface area contributed by atoms with Gasteiger partial charge in [-0.1, -0.05) is 19.1 Å². The highest BCUT2D eigenvalue weighted by molar-refractivity contribution is 5.09. The Labute approximate surface area is 87.6 Å². The molecule has 0 saturated carbocycles. The molecule has 2 nitrogen and oxygen atoms in total. The molecule has 0 rings (SSSR count). The molecule has 0 unspecified atom stereocenters. The fourth-order valence-corrected chi connectivity index (χ4v) is 1.27. The normalized spacial score (nSPS) is 12.1. The molecule has 0 aliphatic rings. The van der Waals surface area contributed by atoms with Crippen molar-refractivity contribution in [3.8, 4) is 0 Å². The van der Waals surface area contributed by atoms with Crippen LogP contribution in [0.25, 0.3) is 0 Å². The van der Waals surface area contributed by atoms with Crippen LogP contribution in [-0.4, -0.2) is 19.5 Å². The third-order valence-corrected chi connectivity index (χ3v) is 1.79. The highest BCUT2D eigenvalue weighted by atomic mass is 16.7. The average Bonchev–Trinajstić information content (AvgIpc) is 2.17. The Morgan fingerprint density at radius 2 is 1.79 bits per heavy atom. The summed E-state index contributed by atoms with van der Waals surface area (Å²) in [5.41, 5.74) is 1.17. The molecular formula is C12H22O2. The van der Waals surface area contributed by atoms with Gasteiger partial charge in [0.25, 0.3) is 0 Å². The van der Waals surface area contributed by atoms with Gasteiger partial charge < -0.3 is 9.47 Å². The summed E-state index contributed by atoms with van der Waals surface area (Å²) in [4.78, 5) is 0. The lowest BCUT2D eigenvalue weighted by atomic mass is 10.1. The van der Waals surface area contributed by atoms with Crippen molar-refractivity contribution in [2.45, 2.75) is 39.9 Å². The van der Waals surface area contributed by atoms with E-state index in [0.717, 1.165) is 12.8 Å². The Morgan fingerprint density at radius 1 is 1.21 bits per heavy atom. The summed E-state index contributed by atoms with van der Waals surface area (Å²) in [7, 11) is 0. The van der Waals surface area contributed by atoms with Gasteiger partial charge in [0.15, 0.2) is 6.29 Å². The standard InChI is InChI=1S/C12H22O2/c1-5-9-11(10-6-2)12(13-7-3)14-8-4/h5,10,12H,1,6-9H2,2-4H3/b11-10+. The lowest BCUT2D eigenvalue weighted by molar-refractivity contribution is -0.112. The van der Waals surface area contributed by atoms with Crippen LogP contribution >= 0.6 is 0 Å². The van der Waals surface area contributed by atoms with E-state index in [0.29, 0.717) is 13.2 Å². The topological polar surface area (TPSA) is 18.5 Å². The van der Waals surface area contributed by atoms with Gasteiger partial charge in [-0.3, -0.25) is 0 Å². The zero-order chi connectivity index (χ0) is 10.8. The average molecular weight is 198 g/mol. The molecule has 0 radical (unpaired) electrons. The molecule has 0 N–H and O–H groups in total. The van der Waals surface area contributed by atoms with Crippen molar-refractivity contribution < 1.29 is 9.47 Å². The van der Waals surface area contributed by atoms with Crippen molar-refractivity contribution in [1.82, 2.24) is 0 Å². The second-order valence-electron chi connectivity index (χ2n) is 2.92. The smallest absolute Gasteiger partial charge is 0.180 e. The van der Waals surface area contributed by atoms with E-state index in [1.54, 1.807) is 0 Å². The van der Waals surface area contributed by atoms with E-state index >= 15 is 0 Å². The van der Waals surface area contributed by atoms with Crippen LogP contribution in [-0.2, 0) is 9.47 Å². The Hall–Kier alpha value is -0.600. The van der Waals surface area contributed by atoms with Crippen LogP contribution < -0.4 is 0 Å². The monoisotopic (exact) mass is 198 g/mol. The van der Waals surface area contributed by atoms with Crippen LogP contribution in [0.1, 0.15) is 33.6 Å². The third-order valence-electron chi connectivity index (χ3n) is 1.79. The first-order valence-corrected chi connectivity index (χ1v) is 5.33. The Kier molecular flexibility index (Phi) is 8.59. The molecular weight excluding hydrogens is 176 g/mol. The first kappa shape index (κ1) is 13.4. The summed E-state index contributed by atoms with van der Waals surface area (Å²) in [5.74, 6) is 0. The number of allylic oxidation sites excluding steroid dienone is 2. The van der Waals surface area contributed by atoms with E-state index in [-0.39, 0.29) is 6.29 Å². The van der Waals surface area contributed by atoms with Crippen molar-refractivity contribution >= 4 is 0 Å². The van der Waals surface area contributed by atoms with Crippen molar-refractivity contribution in [3.63, 3.8) is 0 Å². The molecule has 0 aromatic carbocycles. The first-order chi connectivity index (χ1) is 6.79. The second-order valence-corrected chi connectivity index (χ2v) is 2.92. The molecule has 0 aliphatic carbocycles. The summed E-state index contributed by atoms with van der Waals surface area (Å²) >= 11 is 0. The molecule has 0 bridgehead atoms. The molecule has 2 heteroatoms. The lowest BCUT2D eigenvalue weighted by Gasteiger charge is -2.19. The Bertz CT molecular complexity index is 167. The second kappa shape index (κ2) is 8.97. The van der Waals surface area contributed by atoms with Crippen LogP contribution in [0.15, 0.2) is 24.3 Å². The van der Waals surface area contributed by atoms with Crippen LogP contribution in [0, 0.1) is 0 Å². The molecule has 0 spiro atoms. The molecule has 0 fully saturated rings. The van der Waals surface area contributed by atoms with E-state index in [9.17, 15) is 0 Å². The molecule has 0 aromatic heterocycles. The van der Waals surface area contributed by atoms with Crippen molar-refractivity contribution in [2.24, 2.45) is 0 Å². The lowest BCUT2D eigenvalue weighted by Crippen LogP contribution is -2.19. The van der Waals surface area contributed by atoms with Gasteiger partial charge in [0.05, 0.1) is 0 Å². The van der Waals surface area contributed by atoms with Gasteiger partial charge in [-0.25, -0.2) is 0 Å². The minimum Gasteiger partial charge on any atom is -0.349 e. The van der Waals surface area contributed by atoms with E-state index in [2.05, 4.69) is 19.6 Å². The number of hydrogen-bond acceptors (Lipinski definition) is 2. The highest BCUT2D eigenvalue weighted by Gasteiger charge is 2.12. The van der Waals surface area contributed by atoms with Gasteiger partial charge in [0.1, 0.15) is 0 Å². The van der Waals surface area contributed by atoms with E-state index in [1.165, 1.54) is 5.57 Å². The maximum absolute atomic E-state index is 5.51. The fraction of sp³-hybridized carbons (Fsp3) is 0.667. The maximum Gasteiger partial charge on any atom is 0.180 e. The molecule has 0 amide bonds. The highest BCUT2D eigenvalue weighted by Crippen LogP contribution is 2.14. The zero-order valence-corrected chi connectivity index (χ0v) is 9.58. The summed E-state index contributed by atoms with van der Waals surface area (Å²) in [6, 6.07) is 0. The van der Waals surface area contributed by atoms with Crippen LogP contribution in [0.4, 0.5) is 0 Å². The summed E-state index contributed by atoms with van der Waals surface area (Å²) < 4.78 is 11.0. The molecule has 0 atom stereocenters. The van der Waals surface area contributed by atoms with E-state index in [1.807, 2.05) is 19.9 Å². The first-order valence-electron chi connectivity index (χ1n) is 5.33. The van der Waals surface area contributed by atoms with Crippen LogP contribution in [0.3, 0.4) is 0 Å². The minimum atomic E-state index is -0.192. The van der Waals surface area contributed by atoms with Gasteiger partial charge >= 0.3 is 0 Å². The number of hydrogen-bond donors (Lipinski definition) is 0. The van der Waals surface area contributed by atoms with Gasteiger partial charge in [-0.05, 0) is 32.3 Å². The largest absolute Gasteiger partial charge is 0.349 e. The zero-order valence-electron chi connectivity index (χ0n) is 9.58. The van der Waals surface area contributed by atoms with Gasteiger partial charge in [0, 0.05) is 13.2 Å². The minimum absolute atomic E-state index is 0.192. The van der Waals surface area contributed by atoms with Crippen molar-refractivity contribution in [1.29, 1.82) is 0 Å². The molecule has 0 aliphatic heterocycles. The predicted molar refractivity (Wildman–Crippen MR) is 60.2 cm³/mol. The fourth-order valence-electron chi connectivity index (χ4n) is 1.27. The van der Waals surface area contributed by atoms with Gasteiger partial charge in [-0.15, -0.1) is 6.58 Å². The van der Waals surface area contributed by atoms with Crippen molar-refractivity contribution in [2.75, 3.05) is 13.2 Å². The predicted octanol–water partition coefficient (Wildman–Crippen LogP) is 3.30. The third kappa shape index (κ3) is 5.20. The number of ether oxygens (including phenoxy) is 2. The summed E-state index contributed by atoms with van der Waals surface area (Å²) in [6.07, 6.45) is 5.67. The van der Waals surface area contributed by atoms with Crippen LogP contribution in [0.5, 0.6) is 0 Å². The summed E-state index contributed by atoms with van der Waals surface area (Å²) in [5, 5.41) is 0. The van der Waals surface area contributed by atoms with Crippen LogP contribution in [0.2, 0.25) is 0 Å². The van der Waals surface area contributed by atoms with E-state index in [4.69, 9.17) is 9.47 Å². The van der Waals surface area contributed by atoms with E-state index < -0.39 is 0 Å². The molecule has 0 saturated heterocycles. The Morgan fingerprint density at radius 3 is 2.14 bits per heavy atom. The molecule has 82 valence electrons. The summed E-state index contributed by atoms with van der Waals surface area (Å²) in [6.45, 7) is 11.1. The van der Waals surface area contributed by atoms with Gasteiger partial charge in [-0.2, -0.15) is 0 Å². The van der Waals surface area contributed by atoms with Gasteiger partial charge in [0.2, 0.25) is 0 Å². The number of rotatable bonds is 8. The van der Waals surface area contributed by atoms with Crippen molar-refractivity contribution in [3.05, 3.63) is 24.3 Å².